The van der Waals surface area contributed by atoms with Gasteiger partial charge in [0.15, 0.2) is 11.5 Å². The quantitative estimate of drug-likeness (QED) is 0.0924. The summed E-state index contributed by atoms with van der Waals surface area (Å²) in [5.41, 5.74) is 6.51. The van der Waals surface area contributed by atoms with E-state index in [1.165, 1.54) is 33.0 Å². The van der Waals surface area contributed by atoms with E-state index in [1.807, 2.05) is 34.6 Å². The lowest BCUT2D eigenvalue weighted by atomic mass is 9.96. The molecule has 6 heteroatoms. The Hall–Kier alpha value is -4.94. The number of phenols is 5. The van der Waals surface area contributed by atoms with Gasteiger partial charge in [-0.2, -0.15) is 0 Å². The summed E-state index contributed by atoms with van der Waals surface area (Å²) in [5.74, 6) is -3.48. The molecule has 6 aromatic carbocycles. The van der Waals surface area contributed by atoms with E-state index in [0.717, 1.165) is 10.0 Å². The van der Waals surface area contributed by atoms with Gasteiger partial charge in [-0.25, -0.2) is 0 Å². The molecule has 0 aliphatic rings. The van der Waals surface area contributed by atoms with Crippen molar-refractivity contribution in [1.29, 1.82) is 0 Å². The molecule has 0 saturated heterocycles. The third kappa shape index (κ3) is 10.8. The van der Waals surface area contributed by atoms with Crippen molar-refractivity contribution in [2.75, 3.05) is 0 Å². The number of phenolic OH excluding ortho intramolecular Hbond substituents is 5. The summed E-state index contributed by atoms with van der Waals surface area (Å²) < 4.78 is 1.12. The van der Waals surface area contributed by atoms with Crippen LogP contribution in [-0.2, 0) is 0 Å². The molecule has 6 rings (SSSR count). The van der Waals surface area contributed by atoms with Crippen LogP contribution in [0.2, 0.25) is 0 Å². The molecule has 49 heavy (non-hydrogen) atoms. The van der Waals surface area contributed by atoms with E-state index in [4.69, 9.17) is 0 Å². The lowest BCUT2D eigenvalue weighted by molar-refractivity contribution is 0.330. The minimum absolute atomic E-state index is 0.136. The zero-order valence-electron chi connectivity index (χ0n) is 29.7. The van der Waals surface area contributed by atoms with Crippen LogP contribution in [0.15, 0.2) is 120 Å². The molecule has 0 amide bonds. The fourth-order valence-electron chi connectivity index (χ4n) is 4.82. The molecule has 5 N–H and O–H groups in total. The van der Waals surface area contributed by atoms with Crippen molar-refractivity contribution in [2.24, 2.45) is 0 Å². The molecule has 0 fully saturated rings. The summed E-state index contributed by atoms with van der Waals surface area (Å²) in [4.78, 5) is 0. The van der Waals surface area contributed by atoms with Crippen molar-refractivity contribution in [2.45, 2.75) is 61.3 Å². The molecule has 0 heterocycles. The van der Waals surface area contributed by atoms with E-state index >= 15 is 0 Å². The van der Waals surface area contributed by atoms with E-state index in [2.05, 4.69) is 128 Å². The van der Waals surface area contributed by atoms with Gasteiger partial charge >= 0.3 is 0 Å². The zero-order valence-corrected chi connectivity index (χ0v) is 31.2. The Kier molecular flexibility index (Phi) is 16.2. The minimum Gasteiger partial charge on any atom is -0.504 e. The highest BCUT2D eigenvalue weighted by molar-refractivity contribution is 9.10. The first kappa shape index (κ1) is 40.2. The highest BCUT2D eigenvalue weighted by atomic mass is 79.9. The first-order valence-corrected chi connectivity index (χ1v) is 17.3. The maximum absolute atomic E-state index is 9.73. The van der Waals surface area contributed by atoms with Gasteiger partial charge < -0.3 is 25.5 Å². The van der Waals surface area contributed by atoms with Crippen LogP contribution >= 0.6 is 15.9 Å². The Morgan fingerprint density at radius 1 is 0.449 bits per heavy atom. The van der Waals surface area contributed by atoms with Crippen molar-refractivity contribution in [3.63, 3.8) is 0 Å². The predicted molar refractivity (Wildman–Crippen MR) is 210 cm³/mol. The van der Waals surface area contributed by atoms with Gasteiger partial charge in [0.1, 0.15) is 0 Å². The van der Waals surface area contributed by atoms with E-state index in [-0.39, 0.29) is 5.56 Å². The molecule has 0 aliphatic heterocycles. The molecule has 5 nitrogen and oxygen atoms in total. The Balaban J connectivity index is 0.000000245. The first-order valence-electron chi connectivity index (χ1n) is 16.5. The van der Waals surface area contributed by atoms with E-state index < -0.39 is 28.7 Å². The number of hydrogen-bond donors (Lipinski definition) is 5. The van der Waals surface area contributed by atoms with Gasteiger partial charge in [-0.3, -0.25) is 0 Å². The van der Waals surface area contributed by atoms with Crippen molar-refractivity contribution in [1.82, 2.24) is 0 Å². The largest absolute Gasteiger partial charge is 0.504 e. The lowest BCUT2D eigenvalue weighted by Gasteiger charge is -2.12. The third-order valence-electron chi connectivity index (χ3n) is 7.39. The molecular formula is C43H49BrO5. The van der Waals surface area contributed by atoms with Crippen LogP contribution in [0.25, 0.3) is 33.0 Å². The standard InChI is InChI=1S/C13H11Br.C13H12O5.C13H14.2C2H6/c1-10-2-4-11(5-3-10)12-6-8-13(14)9-7-12;1-6-2-4-7(5-3-6)8-9(14)11(16)13(18)12(17)10(8)15;1-10(2)12-9-5-7-11-6-3-4-8-13(11)12;2*1-2/h2-9H,1H3;2-5,14-18H,1H3;3-10H,1-2H3;2*1-2H3. The number of aromatic hydroxyl groups is 5. The summed E-state index contributed by atoms with van der Waals surface area (Å²) in [6, 6.07) is 38.7. The van der Waals surface area contributed by atoms with Crippen LogP contribution in [0, 0.1) is 13.8 Å². The second-order valence-electron chi connectivity index (χ2n) is 11.1. The maximum atomic E-state index is 9.73. The van der Waals surface area contributed by atoms with Gasteiger partial charge in [-0.15, -0.1) is 0 Å². The van der Waals surface area contributed by atoms with Crippen LogP contribution in [0.5, 0.6) is 28.7 Å². The average molecular weight is 726 g/mol. The molecule has 0 aromatic heterocycles. The zero-order chi connectivity index (χ0) is 36.7. The summed E-state index contributed by atoms with van der Waals surface area (Å²) in [6.07, 6.45) is 0. The molecule has 0 bridgehead atoms. The van der Waals surface area contributed by atoms with Gasteiger partial charge in [-0.1, -0.05) is 172 Å². The van der Waals surface area contributed by atoms with Crippen molar-refractivity contribution in [3.05, 3.63) is 136 Å². The Morgan fingerprint density at radius 2 is 0.837 bits per heavy atom. The number of benzene rings is 6. The minimum atomic E-state index is -0.958. The van der Waals surface area contributed by atoms with Crippen LogP contribution in [-0.4, -0.2) is 25.5 Å². The normalized spacial score (nSPS) is 9.92. The molecular weight excluding hydrogens is 676 g/mol. The molecule has 258 valence electrons. The van der Waals surface area contributed by atoms with Crippen LogP contribution in [0.3, 0.4) is 0 Å². The molecule has 0 atom stereocenters. The highest BCUT2D eigenvalue weighted by Gasteiger charge is 2.23. The van der Waals surface area contributed by atoms with Crippen molar-refractivity contribution < 1.29 is 25.5 Å². The van der Waals surface area contributed by atoms with Crippen molar-refractivity contribution >= 4 is 26.7 Å². The van der Waals surface area contributed by atoms with Crippen LogP contribution < -0.4 is 0 Å². The molecule has 0 radical (unpaired) electrons. The van der Waals surface area contributed by atoms with Crippen LogP contribution in [0.4, 0.5) is 0 Å². The van der Waals surface area contributed by atoms with Gasteiger partial charge in [0.2, 0.25) is 17.2 Å². The predicted octanol–water partition coefficient (Wildman–Crippen LogP) is 12.6. The van der Waals surface area contributed by atoms with Gasteiger partial charge in [0, 0.05) is 4.47 Å². The summed E-state index contributed by atoms with van der Waals surface area (Å²) in [5, 5.41) is 50.3. The van der Waals surface area contributed by atoms with E-state index in [9.17, 15) is 25.5 Å². The van der Waals surface area contributed by atoms with E-state index in [0.29, 0.717) is 11.5 Å². The average Bonchev–Trinajstić information content (AvgIpc) is 3.13. The SMILES string of the molecule is CC.CC.CC(C)c1cccc2ccccc12.Cc1ccc(-c2c(O)c(O)c(O)c(O)c2O)cc1.Cc1ccc(-c2ccc(Br)cc2)cc1. The Bertz CT molecular complexity index is 1800. The summed E-state index contributed by atoms with van der Waals surface area (Å²) >= 11 is 3.43. The smallest absolute Gasteiger partial charge is 0.208 e. The third-order valence-corrected chi connectivity index (χ3v) is 7.91. The fourth-order valence-corrected chi connectivity index (χ4v) is 5.09. The second-order valence-corrected chi connectivity index (χ2v) is 12.0. The first-order chi connectivity index (χ1) is 23.5. The summed E-state index contributed by atoms with van der Waals surface area (Å²) in [7, 11) is 0. The summed E-state index contributed by atoms with van der Waals surface area (Å²) in [6.45, 7) is 16.4. The molecule has 0 saturated carbocycles. The highest BCUT2D eigenvalue weighted by Crippen LogP contribution is 2.54. The Labute approximate surface area is 299 Å². The van der Waals surface area contributed by atoms with Gasteiger partial charge in [0.05, 0.1) is 5.56 Å². The molecule has 6 aromatic rings. The molecule has 0 unspecified atom stereocenters. The second kappa shape index (κ2) is 19.8. The molecule has 0 aliphatic carbocycles. The number of rotatable bonds is 3. The Morgan fingerprint density at radius 3 is 1.31 bits per heavy atom. The van der Waals surface area contributed by atoms with Gasteiger partial charge in [-0.05, 0) is 64.9 Å². The van der Waals surface area contributed by atoms with E-state index in [1.54, 1.807) is 24.3 Å². The molecule has 0 spiro atoms. The topological polar surface area (TPSA) is 101 Å². The fraction of sp³-hybridized carbons (Fsp3) is 0.209. The van der Waals surface area contributed by atoms with Crippen molar-refractivity contribution in [3.8, 4) is 51.0 Å². The number of aryl methyl sites for hydroxylation is 2. The number of halogens is 1. The number of hydrogen-bond acceptors (Lipinski definition) is 5. The van der Waals surface area contributed by atoms with Gasteiger partial charge in [0.25, 0.3) is 0 Å². The number of fused-ring (bicyclic) bond motifs is 1. The maximum Gasteiger partial charge on any atom is 0.208 e. The lowest BCUT2D eigenvalue weighted by Crippen LogP contribution is -1.88. The monoisotopic (exact) mass is 724 g/mol. The van der Waals surface area contributed by atoms with Crippen LogP contribution in [0.1, 0.15) is 64.2 Å².